The number of aryl methyl sites for hydroxylation is 1. The van der Waals surface area contributed by atoms with Crippen LogP contribution in [0.2, 0.25) is 0 Å². The number of carbonyl (C=O) groups is 1. The van der Waals surface area contributed by atoms with Gasteiger partial charge >= 0.3 is 0 Å². The first kappa shape index (κ1) is 13.5. The van der Waals surface area contributed by atoms with Crippen LogP contribution in [0.25, 0.3) is 0 Å². The van der Waals surface area contributed by atoms with Crippen molar-refractivity contribution in [2.24, 2.45) is 0 Å². The fourth-order valence-corrected chi connectivity index (χ4v) is 2.93. The minimum absolute atomic E-state index is 0.0156. The highest BCUT2D eigenvalue weighted by atomic mass is 32.1. The van der Waals surface area contributed by atoms with Crippen LogP contribution in [-0.2, 0) is 17.8 Å². The molecule has 1 amide bonds. The maximum atomic E-state index is 12.0. The van der Waals surface area contributed by atoms with Crippen molar-refractivity contribution in [2.45, 2.75) is 51.6 Å². The first-order chi connectivity index (χ1) is 8.79. The Bertz CT molecular complexity index is 383. The van der Waals surface area contributed by atoms with Crippen molar-refractivity contribution in [1.82, 2.24) is 15.6 Å². The first-order valence-electron chi connectivity index (χ1n) is 6.74. The molecule has 1 saturated heterocycles. The molecule has 2 rings (SSSR count). The number of hydrogen-bond acceptors (Lipinski definition) is 4. The van der Waals surface area contributed by atoms with Crippen LogP contribution in [0.1, 0.15) is 42.5 Å². The largest absolute Gasteiger partial charge is 0.348 e. The summed E-state index contributed by atoms with van der Waals surface area (Å²) < 4.78 is 0. The standard InChI is InChI=1S/C13H21N3OS/c1-2-10-8-15-12(18-10)9-16-13(17)11-6-4-3-5-7-14-11/h8,11,14H,2-7,9H2,1H3,(H,16,17). The Hall–Kier alpha value is -0.940. The minimum atomic E-state index is -0.0156. The monoisotopic (exact) mass is 267 g/mol. The van der Waals surface area contributed by atoms with Gasteiger partial charge in [0.15, 0.2) is 0 Å². The van der Waals surface area contributed by atoms with Crippen molar-refractivity contribution in [3.8, 4) is 0 Å². The van der Waals surface area contributed by atoms with Crippen molar-refractivity contribution in [3.05, 3.63) is 16.1 Å². The lowest BCUT2D eigenvalue weighted by molar-refractivity contribution is -0.123. The second-order valence-electron chi connectivity index (χ2n) is 4.65. The summed E-state index contributed by atoms with van der Waals surface area (Å²) >= 11 is 1.68. The number of nitrogens with one attached hydrogen (secondary N) is 2. The Morgan fingerprint density at radius 2 is 2.44 bits per heavy atom. The number of hydrogen-bond donors (Lipinski definition) is 2. The molecule has 2 N–H and O–H groups in total. The first-order valence-corrected chi connectivity index (χ1v) is 7.56. The van der Waals surface area contributed by atoms with E-state index < -0.39 is 0 Å². The fourth-order valence-electron chi connectivity index (χ4n) is 2.13. The van der Waals surface area contributed by atoms with Crippen LogP contribution in [0.4, 0.5) is 0 Å². The van der Waals surface area contributed by atoms with Crippen molar-refractivity contribution in [1.29, 1.82) is 0 Å². The maximum Gasteiger partial charge on any atom is 0.237 e. The van der Waals surface area contributed by atoms with Crippen LogP contribution < -0.4 is 10.6 Å². The topological polar surface area (TPSA) is 54.0 Å². The van der Waals surface area contributed by atoms with Gasteiger partial charge in [-0.1, -0.05) is 19.8 Å². The number of carbonyl (C=O) groups excluding carboxylic acids is 1. The van der Waals surface area contributed by atoms with Crippen molar-refractivity contribution < 1.29 is 4.79 Å². The molecule has 0 radical (unpaired) electrons. The molecule has 1 aliphatic rings. The molecular weight excluding hydrogens is 246 g/mol. The van der Waals surface area contributed by atoms with E-state index in [0.29, 0.717) is 6.54 Å². The predicted octanol–water partition coefficient (Wildman–Crippen LogP) is 1.85. The fraction of sp³-hybridized carbons (Fsp3) is 0.692. The molecule has 0 aliphatic carbocycles. The van der Waals surface area contributed by atoms with Gasteiger partial charge in [-0.15, -0.1) is 11.3 Å². The van der Waals surface area contributed by atoms with Crippen molar-refractivity contribution in [3.63, 3.8) is 0 Å². The van der Waals surface area contributed by atoms with Crippen molar-refractivity contribution in [2.75, 3.05) is 6.54 Å². The summed E-state index contributed by atoms with van der Waals surface area (Å²) in [5.41, 5.74) is 0. The third-order valence-electron chi connectivity index (χ3n) is 3.24. The Labute approximate surface area is 112 Å². The molecule has 2 heterocycles. The van der Waals surface area contributed by atoms with E-state index in [0.717, 1.165) is 30.8 Å². The minimum Gasteiger partial charge on any atom is -0.348 e. The number of nitrogens with zero attached hydrogens (tertiary/aromatic N) is 1. The van der Waals surface area contributed by atoms with Gasteiger partial charge in [0, 0.05) is 11.1 Å². The highest BCUT2D eigenvalue weighted by molar-refractivity contribution is 7.11. The normalized spacial score (nSPS) is 20.4. The van der Waals surface area contributed by atoms with E-state index in [1.165, 1.54) is 17.7 Å². The summed E-state index contributed by atoms with van der Waals surface area (Å²) in [6.45, 7) is 3.63. The Kier molecular flexibility index (Phi) is 5.13. The van der Waals surface area contributed by atoms with Crippen LogP contribution in [0.15, 0.2) is 6.20 Å². The molecule has 1 aromatic rings. The average Bonchev–Trinajstić information content (AvgIpc) is 2.68. The van der Waals surface area contributed by atoms with Gasteiger partial charge in [-0.2, -0.15) is 0 Å². The molecule has 100 valence electrons. The molecule has 0 saturated carbocycles. The molecule has 0 aromatic carbocycles. The predicted molar refractivity (Wildman–Crippen MR) is 73.6 cm³/mol. The lowest BCUT2D eigenvalue weighted by Crippen LogP contribution is -2.43. The van der Waals surface area contributed by atoms with E-state index in [9.17, 15) is 4.79 Å². The van der Waals surface area contributed by atoms with E-state index in [2.05, 4.69) is 22.5 Å². The van der Waals surface area contributed by atoms with Crippen LogP contribution in [0.5, 0.6) is 0 Å². The smallest absolute Gasteiger partial charge is 0.237 e. The van der Waals surface area contributed by atoms with Gasteiger partial charge in [0.25, 0.3) is 0 Å². The molecule has 0 spiro atoms. The number of aromatic nitrogens is 1. The second kappa shape index (κ2) is 6.85. The lowest BCUT2D eigenvalue weighted by Gasteiger charge is -2.14. The highest BCUT2D eigenvalue weighted by Crippen LogP contribution is 2.13. The van der Waals surface area contributed by atoms with E-state index in [-0.39, 0.29) is 11.9 Å². The molecule has 1 fully saturated rings. The SMILES string of the molecule is CCc1cnc(CNC(=O)C2CCCCCN2)s1. The third-order valence-corrected chi connectivity index (χ3v) is 4.38. The molecule has 5 heteroatoms. The van der Waals surface area contributed by atoms with Gasteiger partial charge in [-0.05, 0) is 25.8 Å². The quantitative estimate of drug-likeness (QED) is 0.875. The number of rotatable bonds is 4. The zero-order chi connectivity index (χ0) is 12.8. The summed E-state index contributed by atoms with van der Waals surface area (Å²) in [4.78, 5) is 17.6. The molecular formula is C13H21N3OS. The molecule has 1 aliphatic heterocycles. The summed E-state index contributed by atoms with van der Waals surface area (Å²) in [5, 5.41) is 7.28. The zero-order valence-corrected chi connectivity index (χ0v) is 11.7. The Morgan fingerprint density at radius 3 is 3.22 bits per heavy atom. The van der Waals surface area contributed by atoms with E-state index in [4.69, 9.17) is 0 Å². The third kappa shape index (κ3) is 3.78. The second-order valence-corrected chi connectivity index (χ2v) is 5.85. The van der Waals surface area contributed by atoms with E-state index in [1.54, 1.807) is 11.3 Å². The number of amides is 1. The Morgan fingerprint density at radius 1 is 1.56 bits per heavy atom. The highest BCUT2D eigenvalue weighted by Gasteiger charge is 2.19. The Balaban J connectivity index is 1.79. The average molecular weight is 267 g/mol. The maximum absolute atomic E-state index is 12.0. The van der Waals surface area contributed by atoms with E-state index in [1.807, 2.05) is 6.20 Å². The van der Waals surface area contributed by atoms with E-state index >= 15 is 0 Å². The van der Waals surface area contributed by atoms with Crippen LogP contribution in [0, 0.1) is 0 Å². The zero-order valence-electron chi connectivity index (χ0n) is 10.9. The molecule has 1 atom stereocenters. The summed E-state index contributed by atoms with van der Waals surface area (Å²) in [5.74, 6) is 0.116. The summed E-state index contributed by atoms with van der Waals surface area (Å²) in [6, 6.07) is -0.0156. The van der Waals surface area contributed by atoms with Gasteiger partial charge < -0.3 is 10.6 Å². The molecule has 4 nitrogen and oxygen atoms in total. The van der Waals surface area contributed by atoms with Crippen LogP contribution >= 0.6 is 11.3 Å². The molecule has 1 unspecified atom stereocenters. The number of thiazole rings is 1. The van der Waals surface area contributed by atoms with Gasteiger partial charge in [0.1, 0.15) is 5.01 Å². The molecule has 18 heavy (non-hydrogen) atoms. The summed E-state index contributed by atoms with van der Waals surface area (Å²) in [7, 11) is 0. The van der Waals surface area contributed by atoms with Crippen LogP contribution in [-0.4, -0.2) is 23.5 Å². The van der Waals surface area contributed by atoms with Gasteiger partial charge in [0.2, 0.25) is 5.91 Å². The van der Waals surface area contributed by atoms with Gasteiger partial charge in [-0.25, -0.2) is 4.98 Å². The summed E-state index contributed by atoms with van der Waals surface area (Å²) in [6.07, 6.45) is 7.40. The molecule has 0 bridgehead atoms. The van der Waals surface area contributed by atoms with Gasteiger partial charge in [-0.3, -0.25) is 4.79 Å². The van der Waals surface area contributed by atoms with Crippen LogP contribution in [0.3, 0.4) is 0 Å². The molecule has 1 aromatic heterocycles. The lowest BCUT2D eigenvalue weighted by atomic mass is 10.1. The van der Waals surface area contributed by atoms with Gasteiger partial charge in [0.05, 0.1) is 12.6 Å². The van der Waals surface area contributed by atoms with Crippen molar-refractivity contribution >= 4 is 17.2 Å².